The van der Waals surface area contributed by atoms with Gasteiger partial charge in [0.15, 0.2) is 0 Å². The normalized spacial score (nSPS) is 28.1. The fourth-order valence-electron chi connectivity index (χ4n) is 3.51. The van der Waals surface area contributed by atoms with Gasteiger partial charge in [0.1, 0.15) is 6.10 Å². The van der Waals surface area contributed by atoms with E-state index in [1.807, 2.05) is 30.3 Å². The molecule has 0 spiro atoms. The summed E-state index contributed by atoms with van der Waals surface area (Å²) in [5.74, 6) is -0.0132. The van der Waals surface area contributed by atoms with Crippen LogP contribution in [0.25, 0.3) is 10.1 Å². The van der Waals surface area contributed by atoms with Gasteiger partial charge in [-0.15, -0.1) is 11.3 Å². The van der Waals surface area contributed by atoms with Gasteiger partial charge in [0.2, 0.25) is 5.91 Å². The molecule has 5 heteroatoms. The zero-order valence-corrected chi connectivity index (χ0v) is 13.0. The van der Waals surface area contributed by atoms with Gasteiger partial charge >= 0.3 is 0 Å². The highest BCUT2D eigenvalue weighted by molar-refractivity contribution is 7.19. The van der Waals surface area contributed by atoms with Crippen molar-refractivity contribution in [3.63, 3.8) is 0 Å². The van der Waals surface area contributed by atoms with E-state index in [4.69, 9.17) is 4.74 Å². The molecule has 2 aliphatic rings. The zero-order chi connectivity index (χ0) is 15.1. The highest BCUT2D eigenvalue weighted by Crippen LogP contribution is 2.38. The second-order valence-electron chi connectivity index (χ2n) is 6.16. The first-order valence-electron chi connectivity index (χ1n) is 7.80. The van der Waals surface area contributed by atoms with Gasteiger partial charge in [0.25, 0.3) is 0 Å². The van der Waals surface area contributed by atoms with Crippen LogP contribution in [-0.2, 0) is 9.53 Å². The fraction of sp³-hybridized carbons (Fsp3) is 0.471. The molecule has 4 rings (SSSR count). The number of aliphatic hydroxyl groups is 1. The number of hydrogen-bond acceptors (Lipinski definition) is 4. The first-order valence-corrected chi connectivity index (χ1v) is 8.62. The predicted octanol–water partition coefficient (Wildman–Crippen LogP) is 2.62. The number of ether oxygens (including phenoxy) is 1. The van der Waals surface area contributed by atoms with E-state index in [-0.39, 0.29) is 30.6 Å². The zero-order valence-electron chi connectivity index (χ0n) is 12.2. The molecule has 2 aliphatic heterocycles. The summed E-state index contributed by atoms with van der Waals surface area (Å²) in [5, 5.41) is 14.3. The minimum atomic E-state index is -0.652. The lowest BCUT2D eigenvalue weighted by molar-refractivity contribution is -0.127. The molecule has 2 N–H and O–H groups in total. The van der Waals surface area contributed by atoms with Crippen molar-refractivity contribution in [1.29, 1.82) is 0 Å². The number of nitrogens with one attached hydrogen (secondary N) is 1. The second-order valence-corrected chi connectivity index (χ2v) is 7.28. The SMILES string of the molecule is O=C(NC[C@@H](O)c1cc2ccccc2s1)[C@H]1C[C@H]2CC[C@H]1O2. The highest BCUT2D eigenvalue weighted by atomic mass is 32.1. The Bertz CT molecular complexity index is 665. The Morgan fingerprint density at radius 1 is 1.41 bits per heavy atom. The van der Waals surface area contributed by atoms with E-state index in [9.17, 15) is 9.90 Å². The van der Waals surface area contributed by atoms with Gasteiger partial charge < -0.3 is 15.2 Å². The summed E-state index contributed by atoms with van der Waals surface area (Å²) < 4.78 is 6.87. The monoisotopic (exact) mass is 317 g/mol. The van der Waals surface area contributed by atoms with E-state index in [0.29, 0.717) is 0 Å². The molecule has 0 saturated carbocycles. The third-order valence-corrected chi connectivity index (χ3v) is 5.90. The summed E-state index contributed by atoms with van der Waals surface area (Å²) in [6.07, 6.45) is 2.61. The minimum Gasteiger partial charge on any atom is -0.386 e. The Morgan fingerprint density at radius 2 is 2.27 bits per heavy atom. The van der Waals surface area contributed by atoms with Gasteiger partial charge in [-0.2, -0.15) is 0 Å². The molecule has 22 heavy (non-hydrogen) atoms. The molecule has 2 aromatic rings. The summed E-state index contributed by atoms with van der Waals surface area (Å²) in [7, 11) is 0. The molecular formula is C17H19NO3S. The van der Waals surface area contributed by atoms with Crippen molar-refractivity contribution in [2.45, 2.75) is 37.6 Å². The number of thiophene rings is 1. The van der Waals surface area contributed by atoms with Gasteiger partial charge in [-0.3, -0.25) is 4.79 Å². The number of hydrogen-bond donors (Lipinski definition) is 2. The van der Waals surface area contributed by atoms with Crippen LogP contribution in [0.1, 0.15) is 30.2 Å². The molecule has 4 nitrogen and oxygen atoms in total. The Kier molecular flexibility index (Phi) is 3.64. The standard InChI is InChI=1S/C17H19NO3S/c19-13(16-7-10-3-1-2-4-15(10)22-16)9-18-17(20)12-8-11-5-6-14(12)21-11/h1-4,7,11-14,19H,5-6,8-9H2,(H,18,20)/t11-,12+,13-,14-/m1/s1. The van der Waals surface area contributed by atoms with Crippen LogP contribution in [0.15, 0.2) is 30.3 Å². The van der Waals surface area contributed by atoms with Crippen molar-refractivity contribution >= 4 is 27.3 Å². The van der Waals surface area contributed by atoms with Gasteiger partial charge in [-0.25, -0.2) is 0 Å². The maximum absolute atomic E-state index is 12.2. The Labute approximate surface area is 133 Å². The Morgan fingerprint density at radius 3 is 3.00 bits per heavy atom. The van der Waals surface area contributed by atoms with Crippen molar-refractivity contribution in [1.82, 2.24) is 5.32 Å². The third kappa shape index (κ3) is 2.53. The number of carbonyl (C=O) groups is 1. The van der Waals surface area contributed by atoms with Crippen molar-refractivity contribution < 1.29 is 14.6 Å². The fourth-order valence-corrected chi connectivity index (χ4v) is 4.56. The quantitative estimate of drug-likeness (QED) is 0.911. The van der Waals surface area contributed by atoms with E-state index < -0.39 is 6.10 Å². The van der Waals surface area contributed by atoms with E-state index in [1.165, 1.54) is 0 Å². The molecule has 116 valence electrons. The molecule has 0 unspecified atom stereocenters. The molecule has 2 bridgehead atoms. The summed E-state index contributed by atoms with van der Waals surface area (Å²) >= 11 is 1.58. The molecule has 0 radical (unpaired) electrons. The van der Waals surface area contributed by atoms with Crippen molar-refractivity contribution in [3.05, 3.63) is 35.2 Å². The maximum atomic E-state index is 12.2. The van der Waals surface area contributed by atoms with Gasteiger partial charge in [-0.05, 0) is 36.8 Å². The average Bonchev–Trinajstić information content (AvgIpc) is 3.25. The molecule has 2 fully saturated rings. The Balaban J connectivity index is 1.37. The van der Waals surface area contributed by atoms with Crippen LogP contribution in [0.3, 0.4) is 0 Å². The van der Waals surface area contributed by atoms with Gasteiger partial charge in [0, 0.05) is 16.1 Å². The maximum Gasteiger partial charge on any atom is 0.225 e. The molecule has 3 heterocycles. The lowest BCUT2D eigenvalue weighted by atomic mass is 9.88. The first kappa shape index (κ1) is 14.2. The number of carbonyl (C=O) groups excluding carboxylic acids is 1. The van der Waals surface area contributed by atoms with Crippen LogP contribution >= 0.6 is 11.3 Å². The molecule has 1 aromatic carbocycles. The number of rotatable bonds is 4. The highest BCUT2D eigenvalue weighted by Gasteiger charge is 2.44. The van der Waals surface area contributed by atoms with Crippen molar-refractivity contribution in [3.8, 4) is 0 Å². The minimum absolute atomic E-state index is 0.0207. The summed E-state index contributed by atoms with van der Waals surface area (Å²) in [6.45, 7) is 0.263. The molecule has 1 amide bonds. The van der Waals surface area contributed by atoms with Crippen LogP contribution in [0, 0.1) is 5.92 Å². The lowest BCUT2D eigenvalue weighted by Crippen LogP contribution is -2.37. The number of amides is 1. The average molecular weight is 317 g/mol. The first-order chi connectivity index (χ1) is 10.7. The smallest absolute Gasteiger partial charge is 0.225 e. The summed E-state index contributed by atoms with van der Waals surface area (Å²) in [6, 6.07) is 10.1. The van der Waals surface area contributed by atoms with Crippen molar-refractivity contribution in [2.24, 2.45) is 5.92 Å². The summed E-state index contributed by atoms with van der Waals surface area (Å²) in [5.41, 5.74) is 0. The van der Waals surface area contributed by atoms with E-state index in [1.54, 1.807) is 11.3 Å². The largest absolute Gasteiger partial charge is 0.386 e. The van der Waals surface area contributed by atoms with Gasteiger partial charge in [0.05, 0.1) is 18.1 Å². The van der Waals surface area contributed by atoms with E-state index in [0.717, 1.165) is 34.2 Å². The van der Waals surface area contributed by atoms with Crippen LogP contribution in [0.5, 0.6) is 0 Å². The van der Waals surface area contributed by atoms with Crippen LogP contribution in [-0.4, -0.2) is 29.8 Å². The van der Waals surface area contributed by atoms with Crippen LogP contribution in [0.2, 0.25) is 0 Å². The molecule has 0 aliphatic carbocycles. The topological polar surface area (TPSA) is 58.6 Å². The number of benzene rings is 1. The van der Waals surface area contributed by atoms with Gasteiger partial charge in [-0.1, -0.05) is 18.2 Å². The molecule has 2 saturated heterocycles. The summed E-state index contributed by atoms with van der Waals surface area (Å²) in [4.78, 5) is 13.1. The molecule has 1 aromatic heterocycles. The Hall–Kier alpha value is -1.43. The predicted molar refractivity (Wildman–Crippen MR) is 85.8 cm³/mol. The van der Waals surface area contributed by atoms with E-state index >= 15 is 0 Å². The number of aliphatic hydroxyl groups excluding tert-OH is 1. The van der Waals surface area contributed by atoms with Crippen molar-refractivity contribution in [2.75, 3.05) is 6.54 Å². The van der Waals surface area contributed by atoms with E-state index in [2.05, 4.69) is 5.32 Å². The lowest BCUT2D eigenvalue weighted by Gasteiger charge is -2.19. The molecular weight excluding hydrogens is 298 g/mol. The van der Waals surface area contributed by atoms with Crippen LogP contribution < -0.4 is 5.32 Å². The number of fused-ring (bicyclic) bond motifs is 3. The third-order valence-electron chi connectivity index (χ3n) is 4.69. The second kappa shape index (κ2) is 5.65. The molecule has 4 atom stereocenters. The van der Waals surface area contributed by atoms with Crippen LogP contribution in [0.4, 0.5) is 0 Å².